The smallest absolute Gasteiger partial charge is 0.268 e. The van der Waals surface area contributed by atoms with Gasteiger partial charge in [0.2, 0.25) is 0 Å². The number of amides is 1. The Balaban J connectivity index is 1.98. The van der Waals surface area contributed by atoms with Crippen LogP contribution in [0.3, 0.4) is 0 Å². The summed E-state index contributed by atoms with van der Waals surface area (Å²) in [5, 5.41) is 0.878. The van der Waals surface area contributed by atoms with Crippen LogP contribution in [0.5, 0.6) is 0 Å². The molecule has 3 rings (SSSR count). The molecule has 0 atom stereocenters. The Labute approximate surface area is 147 Å². The fourth-order valence-electron chi connectivity index (χ4n) is 2.04. The van der Waals surface area contributed by atoms with Gasteiger partial charge in [0.25, 0.3) is 5.91 Å². The van der Waals surface area contributed by atoms with E-state index in [1.807, 2.05) is 36.4 Å². The number of carbonyl (C=O) groups excluding carboxylic acids is 1. The van der Waals surface area contributed by atoms with Gasteiger partial charge in [0.05, 0.1) is 20.6 Å². The minimum atomic E-state index is -0.155. The normalized spacial score (nSPS) is 16.6. The van der Waals surface area contributed by atoms with Gasteiger partial charge in [0, 0.05) is 0 Å². The molecule has 1 aliphatic rings. The summed E-state index contributed by atoms with van der Waals surface area (Å²) in [6, 6.07) is 14.6. The van der Waals surface area contributed by atoms with Crippen molar-refractivity contribution in [3.8, 4) is 0 Å². The second kappa shape index (κ2) is 6.42. The molecule has 1 fully saturated rings. The highest BCUT2D eigenvalue weighted by molar-refractivity contribution is 8.27. The molecule has 0 aliphatic carbocycles. The van der Waals surface area contributed by atoms with E-state index in [9.17, 15) is 4.79 Å². The molecule has 0 spiro atoms. The molecule has 1 saturated heterocycles. The number of halogens is 2. The van der Waals surface area contributed by atoms with Crippen molar-refractivity contribution in [3.05, 3.63) is 69.0 Å². The van der Waals surface area contributed by atoms with E-state index >= 15 is 0 Å². The van der Waals surface area contributed by atoms with E-state index in [-0.39, 0.29) is 5.91 Å². The van der Waals surface area contributed by atoms with Gasteiger partial charge in [-0.15, -0.1) is 0 Å². The topological polar surface area (TPSA) is 20.3 Å². The maximum absolute atomic E-state index is 12.6. The summed E-state index contributed by atoms with van der Waals surface area (Å²) >= 11 is 18.7. The van der Waals surface area contributed by atoms with Crippen LogP contribution in [0.2, 0.25) is 10.0 Å². The van der Waals surface area contributed by atoms with Gasteiger partial charge in [-0.1, -0.05) is 77.5 Å². The van der Waals surface area contributed by atoms with Crippen LogP contribution < -0.4 is 4.90 Å². The standard InChI is InChI=1S/C16H9Cl2NOS2/c17-12-8-4-5-10(14(12)18)9-13-15(20)19(16(21)22-13)11-6-2-1-3-7-11/h1-9H. The van der Waals surface area contributed by atoms with Crippen molar-refractivity contribution in [2.75, 3.05) is 4.90 Å². The van der Waals surface area contributed by atoms with E-state index in [2.05, 4.69) is 0 Å². The zero-order chi connectivity index (χ0) is 15.7. The third-order valence-electron chi connectivity index (χ3n) is 3.08. The number of hydrogen-bond donors (Lipinski definition) is 0. The number of carbonyl (C=O) groups is 1. The number of nitrogens with zero attached hydrogens (tertiary/aromatic N) is 1. The number of para-hydroxylation sites is 1. The third-order valence-corrected chi connectivity index (χ3v) is 5.21. The summed E-state index contributed by atoms with van der Waals surface area (Å²) in [4.78, 5) is 14.6. The van der Waals surface area contributed by atoms with Crippen LogP contribution in [-0.2, 0) is 4.79 Å². The monoisotopic (exact) mass is 365 g/mol. The summed E-state index contributed by atoms with van der Waals surface area (Å²) in [6.07, 6.45) is 1.72. The molecular weight excluding hydrogens is 357 g/mol. The van der Waals surface area contributed by atoms with Crippen molar-refractivity contribution >= 4 is 69.2 Å². The molecule has 0 bridgehead atoms. The number of hydrogen-bond acceptors (Lipinski definition) is 3. The quantitative estimate of drug-likeness (QED) is 0.524. The number of thioether (sulfide) groups is 1. The fourth-order valence-corrected chi connectivity index (χ4v) is 3.69. The fraction of sp³-hybridized carbons (Fsp3) is 0. The van der Waals surface area contributed by atoms with E-state index < -0.39 is 0 Å². The third kappa shape index (κ3) is 2.92. The lowest BCUT2D eigenvalue weighted by molar-refractivity contribution is -0.113. The van der Waals surface area contributed by atoms with Crippen molar-refractivity contribution in [2.24, 2.45) is 0 Å². The van der Waals surface area contributed by atoms with E-state index in [1.54, 1.807) is 18.2 Å². The highest BCUT2D eigenvalue weighted by Crippen LogP contribution is 2.37. The van der Waals surface area contributed by atoms with Crippen LogP contribution in [0, 0.1) is 0 Å². The Morgan fingerprint density at radius 3 is 2.50 bits per heavy atom. The predicted octanol–water partition coefficient (Wildman–Crippen LogP) is 5.40. The molecule has 1 heterocycles. The lowest BCUT2D eigenvalue weighted by atomic mass is 10.2. The van der Waals surface area contributed by atoms with E-state index in [4.69, 9.17) is 35.4 Å². The lowest BCUT2D eigenvalue weighted by Gasteiger charge is -2.13. The van der Waals surface area contributed by atoms with Crippen LogP contribution >= 0.6 is 47.2 Å². The molecule has 6 heteroatoms. The van der Waals surface area contributed by atoms with Gasteiger partial charge in [0.1, 0.15) is 0 Å². The average molecular weight is 366 g/mol. The van der Waals surface area contributed by atoms with Crippen LogP contribution in [0.1, 0.15) is 5.56 Å². The molecule has 1 amide bonds. The van der Waals surface area contributed by atoms with E-state index in [1.165, 1.54) is 16.7 Å². The lowest BCUT2D eigenvalue weighted by Crippen LogP contribution is -2.27. The van der Waals surface area contributed by atoms with Crippen molar-refractivity contribution in [3.63, 3.8) is 0 Å². The number of benzene rings is 2. The molecule has 2 nitrogen and oxygen atoms in total. The first kappa shape index (κ1) is 15.6. The first-order valence-corrected chi connectivity index (χ1v) is 8.33. The minimum absolute atomic E-state index is 0.155. The Kier molecular flexibility index (Phi) is 4.54. The second-order valence-corrected chi connectivity index (χ2v) is 6.96. The highest BCUT2D eigenvalue weighted by atomic mass is 35.5. The Hall–Kier alpha value is -1.33. The van der Waals surface area contributed by atoms with Crippen LogP contribution in [0.4, 0.5) is 5.69 Å². The number of rotatable bonds is 2. The van der Waals surface area contributed by atoms with Gasteiger partial charge in [-0.3, -0.25) is 9.69 Å². The summed E-state index contributed by atoms with van der Waals surface area (Å²) in [5.41, 5.74) is 1.45. The molecule has 110 valence electrons. The summed E-state index contributed by atoms with van der Waals surface area (Å²) in [5.74, 6) is -0.155. The van der Waals surface area contributed by atoms with Gasteiger partial charge >= 0.3 is 0 Å². The maximum atomic E-state index is 12.6. The molecular formula is C16H9Cl2NOS2. The summed E-state index contributed by atoms with van der Waals surface area (Å²) in [7, 11) is 0. The number of anilines is 1. The Bertz CT molecular complexity index is 790. The summed E-state index contributed by atoms with van der Waals surface area (Å²) < 4.78 is 0.501. The molecule has 0 radical (unpaired) electrons. The Morgan fingerprint density at radius 1 is 1.05 bits per heavy atom. The largest absolute Gasteiger partial charge is 0.270 e. The minimum Gasteiger partial charge on any atom is -0.268 e. The van der Waals surface area contributed by atoms with Crippen molar-refractivity contribution in [2.45, 2.75) is 0 Å². The van der Waals surface area contributed by atoms with Gasteiger partial charge < -0.3 is 0 Å². The molecule has 2 aromatic carbocycles. The molecule has 0 unspecified atom stereocenters. The SMILES string of the molecule is O=C1C(=Cc2cccc(Cl)c2Cl)SC(=S)N1c1ccccc1. The van der Waals surface area contributed by atoms with Gasteiger partial charge in [-0.2, -0.15) is 0 Å². The molecule has 0 N–H and O–H groups in total. The molecule has 0 saturated carbocycles. The molecule has 0 aromatic heterocycles. The maximum Gasteiger partial charge on any atom is 0.270 e. The zero-order valence-corrected chi connectivity index (χ0v) is 14.3. The highest BCUT2D eigenvalue weighted by Gasteiger charge is 2.33. The zero-order valence-electron chi connectivity index (χ0n) is 11.1. The Morgan fingerprint density at radius 2 is 1.77 bits per heavy atom. The molecule has 2 aromatic rings. The second-order valence-electron chi connectivity index (χ2n) is 4.50. The molecule has 1 aliphatic heterocycles. The van der Waals surface area contributed by atoms with Crippen LogP contribution in [0.25, 0.3) is 6.08 Å². The summed E-state index contributed by atoms with van der Waals surface area (Å²) in [6.45, 7) is 0. The van der Waals surface area contributed by atoms with Crippen LogP contribution in [0.15, 0.2) is 53.4 Å². The van der Waals surface area contributed by atoms with Crippen LogP contribution in [-0.4, -0.2) is 10.2 Å². The van der Waals surface area contributed by atoms with Gasteiger partial charge in [-0.05, 0) is 29.8 Å². The van der Waals surface area contributed by atoms with Crippen molar-refractivity contribution in [1.29, 1.82) is 0 Å². The number of thiocarbonyl (C=S) groups is 1. The van der Waals surface area contributed by atoms with Gasteiger partial charge in [0.15, 0.2) is 4.32 Å². The average Bonchev–Trinajstić information content (AvgIpc) is 2.79. The first-order chi connectivity index (χ1) is 10.6. The molecule has 22 heavy (non-hydrogen) atoms. The van der Waals surface area contributed by atoms with E-state index in [0.717, 1.165) is 5.69 Å². The van der Waals surface area contributed by atoms with E-state index in [0.29, 0.717) is 24.8 Å². The predicted molar refractivity (Wildman–Crippen MR) is 98.6 cm³/mol. The first-order valence-electron chi connectivity index (χ1n) is 6.35. The van der Waals surface area contributed by atoms with Crippen molar-refractivity contribution in [1.82, 2.24) is 0 Å². The van der Waals surface area contributed by atoms with Gasteiger partial charge in [-0.25, -0.2) is 0 Å². The van der Waals surface area contributed by atoms with Crippen molar-refractivity contribution < 1.29 is 4.79 Å².